The second-order valence-electron chi connectivity index (χ2n) is 7.90. The summed E-state index contributed by atoms with van der Waals surface area (Å²) in [4.78, 5) is 14.2. The van der Waals surface area contributed by atoms with Crippen LogP contribution in [0.4, 0.5) is 5.82 Å². The number of aromatic nitrogens is 2. The largest absolute Gasteiger partial charge is 0.354 e. The predicted molar refractivity (Wildman–Crippen MR) is 105 cm³/mol. The SMILES string of the molecule is CN1CCN(c2cc(CCNS(=O)(=O)N3CCCC3)nc(C3CC3)n2)CC1. The van der Waals surface area contributed by atoms with Crippen LogP contribution in [0.5, 0.6) is 0 Å². The Balaban J connectivity index is 1.42. The van der Waals surface area contributed by atoms with E-state index in [1.165, 1.54) is 4.31 Å². The minimum atomic E-state index is -3.36. The van der Waals surface area contributed by atoms with Gasteiger partial charge in [0.25, 0.3) is 10.2 Å². The van der Waals surface area contributed by atoms with Crippen LogP contribution in [0.3, 0.4) is 0 Å². The van der Waals surface area contributed by atoms with Crippen LogP contribution in [0.2, 0.25) is 0 Å². The average Bonchev–Trinajstić information content (AvgIpc) is 3.35. The van der Waals surface area contributed by atoms with Crippen LogP contribution in [0, 0.1) is 0 Å². The Bertz CT molecular complexity index is 753. The maximum Gasteiger partial charge on any atom is 0.279 e. The molecule has 27 heavy (non-hydrogen) atoms. The molecule has 0 unspecified atom stereocenters. The van der Waals surface area contributed by atoms with E-state index in [0.29, 0.717) is 32.0 Å². The Morgan fingerprint density at radius 2 is 1.78 bits per heavy atom. The summed E-state index contributed by atoms with van der Waals surface area (Å²) >= 11 is 0. The Labute approximate surface area is 162 Å². The zero-order chi connectivity index (χ0) is 18.9. The number of piperazine rings is 1. The molecule has 1 saturated carbocycles. The molecule has 0 aromatic carbocycles. The molecule has 0 spiro atoms. The molecular formula is C18H30N6O2S. The van der Waals surface area contributed by atoms with Crippen molar-refractivity contribution in [2.45, 2.75) is 38.0 Å². The summed E-state index contributed by atoms with van der Waals surface area (Å²) in [5, 5.41) is 0. The Hall–Kier alpha value is -1.29. The number of likely N-dealkylation sites (N-methyl/N-ethyl adjacent to an activating group) is 1. The zero-order valence-electron chi connectivity index (χ0n) is 16.1. The number of nitrogens with one attached hydrogen (secondary N) is 1. The number of anilines is 1. The fourth-order valence-electron chi connectivity index (χ4n) is 3.68. The first-order chi connectivity index (χ1) is 13.0. The van der Waals surface area contributed by atoms with Crippen molar-refractivity contribution in [3.05, 3.63) is 17.6 Å². The number of hydrogen-bond donors (Lipinski definition) is 1. The summed E-state index contributed by atoms with van der Waals surface area (Å²) in [5.41, 5.74) is 0.935. The highest BCUT2D eigenvalue weighted by atomic mass is 32.2. The van der Waals surface area contributed by atoms with Gasteiger partial charge in [-0.1, -0.05) is 0 Å². The zero-order valence-corrected chi connectivity index (χ0v) is 16.9. The van der Waals surface area contributed by atoms with Crippen molar-refractivity contribution in [3.63, 3.8) is 0 Å². The smallest absolute Gasteiger partial charge is 0.279 e. The molecule has 2 saturated heterocycles. The fourth-order valence-corrected chi connectivity index (χ4v) is 4.96. The Morgan fingerprint density at radius 1 is 1.07 bits per heavy atom. The van der Waals surface area contributed by atoms with E-state index < -0.39 is 10.2 Å². The Morgan fingerprint density at radius 3 is 2.44 bits per heavy atom. The van der Waals surface area contributed by atoms with Gasteiger partial charge >= 0.3 is 0 Å². The fraction of sp³-hybridized carbons (Fsp3) is 0.778. The number of rotatable bonds is 7. The van der Waals surface area contributed by atoms with Crippen LogP contribution in [0.25, 0.3) is 0 Å². The van der Waals surface area contributed by atoms with Crippen molar-refractivity contribution in [3.8, 4) is 0 Å². The van der Waals surface area contributed by atoms with Gasteiger partial charge in [-0.3, -0.25) is 0 Å². The Kier molecular flexibility index (Phi) is 5.63. The molecule has 150 valence electrons. The van der Waals surface area contributed by atoms with Gasteiger partial charge in [-0.25, -0.2) is 14.7 Å². The molecule has 9 heteroatoms. The predicted octanol–water partition coefficient (Wildman–Crippen LogP) is 0.579. The normalized spacial score (nSPS) is 22.5. The molecule has 3 heterocycles. The first-order valence-electron chi connectivity index (χ1n) is 10.1. The summed E-state index contributed by atoms with van der Waals surface area (Å²) in [7, 11) is -1.21. The summed E-state index contributed by atoms with van der Waals surface area (Å²) in [6.45, 7) is 5.64. The van der Waals surface area contributed by atoms with Gasteiger partial charge in [0.05, 0.1) is 0 Å². The van der Waals surface area contributed by atoms with E-state index in [-0.39, 0.29) is 0 Å². The lowest BCUT2D eigenvalue weighted by Crippen LogP contribution is -2.45. The van der Waals surface area contributed by atoms with E-state index in [9.17, 15) is 8.42 Å². The maximum absolute atomic E-state index is 12.3. The standard InChI is InChI=1S/C18H30N6O2S/c1-22-10-12-23(13-11-22)17-14-16(20-18(21-17)15-4-5-15)6-7-19-27(25,26)24-8-2-3-9-24/h14-15,19H,2-13H2,1H3. The van der Waals surface area contributed by atoms with E-state index in [1.54, 1.807) is 0 Å². The minimum Gasteiger partial charge on any atom is -0.354 e. The lowest BCUT2D eigenvalue weighted by atomic mass is 10.2. The summed E-state index contributed by atoms with van der Waals surface area (Å²) in [5.74, 6) is 2.42. The van der Waals surface area contributed by atoms with Crippen LogP contribution >= 0.6 is 0 Å². The highest BCUT2D eigenvalue weighted by Gasteiger charge is 2.29. The van der Waals surface area contributed by atoms with Crippen LogP contribution in [-0.2, 0) is 16.6 Å². The highest BCUT2D eigenvalue weighted by molar-refractivity contribution is 7.87. The van der Waals surface area contributed by atoms with Crippen molar-refractivity contribution in [1.82, 2.24) is 23.9 Å². The monoisotopic (exact) mass is 394 g/mol. The second-order valence-corrected chi connectivity index (χ2v) is 9.65. The molecule has 0 atom stereocenters. The molecule has 0 radical (unpaired) electrons. The molecule has 8 nitrogen and oxygen atoms in total. The molecule has 1 N–H and O–H groups in total. The van der Waals surface area contributed by atoms with Gasteiger partial charge in [0.15, 0.2) is 0 Å². The minimum absolute atomic E-state index is 0.377. The third kappa shape index (κ3) is 4.77. The second kappa shape index (κ2) is 7.98. The molecule has 1 aromatic heterocycles. The molecule has 1 aliphatic carbocycles. The summed E-state index contributed by atoms with van der Waals surface area (Å²) in [6, 6.07) is 2.04. The van der Waals surface area contributed by atoms with Gasteiger partial charge < -0.3 is 9.80 Å². The molecule has 3 aliphatic rings. The third-order valence-corrected chi connectivity index (χ3v) is 7.24. The van der Waals surface area contributed by atoms with E-state index in [2.05, 4.69) is 21.6 Å². The van der Waals surface area contributed by atoms with Gasteiger partial charge in [0, 0.05) is 69.9 Å². The first kappa shape index (κ1) is 19.0. The van der Waals surface area contributed by atoms with E-state index in [0.717, 1.165) is 69.2 Å². The molecule has 3 fully saturated rings. The van der Waals surface area contributed by atoms with Gasteiger partial charge in [-0.05, 0) is 32.7 Å². The van der Waals surface area contributed by atoms with E-state index in [4.69, 9.17) is 9.97 Å². The first-order valence-corrected chi connectivity index (χ1v) is 11.5. The molecule has 1 aromatic rings. The molecule has 4 rings (SSSR count). The highest BCUT2D eigenvalue weighted by Crippen LogP contribution is 2.38. The summed E-state index contributed by atoms with van der Waals surface area (Å²) in [6.07, 6.45) is 4.81. The van der Waals surface area contributed by atoms with Crippen molar-refractivity contribution in [2.75, 3.05) is 57.8 Å². The van der Waals surface area contributed by atoms with Crippen LogP contribution < -0.4 is 9.62 Å². The van der Waals surface area contributed by atoms with Gasteiger partial charge in [0.2, 0.25) is 0 Å². The molecular weight excluding hydrogens is 364 g/mol. The quantitative estimate of drug-likeness (QED) is 0.729. The van der Waals surface area contributed by atoms with Crippen LogP contribution in [-0.4, -0.2) is 80.5 Å². The van der Waals surface area contributed by atoms with Gasteiger partial charge in [-0.15, -0.1) is 0 Å². The average molecular weight is 395 g/mol. The molecule has 2 aliphatic heterocycles. The molecule has 0 bridgehead atoms. The summed E-state index contributed by atoms with van der Waals surface area (Å²) < 4.78 is 28.9. The van der Waals surface area contributed by atoms with Gasteiger partial charge in [-0.2, -0.15) is 12.7 Å². The lowest BCUT2D eigenvalue weighted by Gasteiger charge is -2.33. The lowest BCUT2D eigenvalue weighted by molar-refractivity contribution is 0.312. The number of nitrogens with zero attached hydrogens (tertiary/aromatic N) is 5. The maximum atomic E-state index is 12.3. The van der Waals surface area contributed by atoms with Crippen LogP contribution in [0.1, 0.15) is 43.1 Å². The van der Waals surface area contributed by atoms with Crippen molar-refractivity contribution < 1.29 is 8.42 Å². The topological polar surface area (TPSA) is 81.7 Å². The van der Waals surface area contributed by atoms with Crippen molar-refractivity contribution in [1.29, 1.82) is 0 Å². The van der Waals surface area contributed by atoms with E-state index in [1.807, 2.05) is 6.07 Å². The van der Waals surface area contributed by atoms with Gasteiger partial charge in [0.1, 0.15) is 11.6 Å². The van der Waals surface area contributed by atoms with Crippen molar-refractivity contribution in [2.24, 2.45) is 0 Å². The van der Waals surface area contributed by atoms with Crippen molar-refractivity contribution >= 4 is 16.0 Å². The number of hydrogen-bond acceptors (Lipinski definition) is 6. The third-order valence-electron chi connectivity index (χ3n) is 5.62. The molecule has 0 amide bonds. The van der Waals surface area contributed by atoms with Crippen LogP contribution in [0.15, 0.2) is 6.07 Å². The van der Waals surface area contributed by atoms with E-state index >= 15 is 0 Å².